The van der Waals surface area contributed by atoms with Crippen molar-refractivity contribution in [3.05, 3.63) is 78.6 Å². The number of benzene rings is 2. The zero-order chi connectivity index (χ0) is 18.9. The maximum absolute atomic E-state index is 11.9. The third-order valence-corrected chi connectivity index (χ3v) is 6.82. The molecule has 0 N–H and O–H groups in total. The molecule has 0 saturated carbocycles. The van der Waals surface area contributed by atoms with Crippen LogP contribution in [0.1, 0.15) is 17.4 Å². The third-order valence-electron chi connectivity index (χ3n) is 4.51. The molecule has 1 aliphatic rings. The van der Waals surface area contributed by atoms with Crippen LogP contribution in [0.15, 0.2) is 82.7 Å². The summed E-state index contributed by atoms with van der Waals surface area (Å²) in [6.07, 6.45) is 1.67. The van der Waals surface area contributed by atoms with Crippen molar-refractivity contribution >= 4 is 33.3 Å². The van der Waals surface area contributed by atoms with E-state index in [-0.39, 0.29) is 36.0 Å². The number of rotatable bonds is 5. The van der Waals surface area contributed by atoms with Crippen molar-refractivity contribution in [2.24, 2.45) is 0 Å². The van der Waals surface area contributed by atoms with Crippen molar-refractivity contribution in [3.63, 3.8) is 0 Å². The maximum Gasteiger partial charge on any atom is 1.00 e. The van der Waals surface area contributed by atoms with Gasteiger partial charge in [0.1, 0.15) is 10.1 Å². The summed E-state index contributed by atoms with van der Waals surface area (Å²) in [5.41, 5.74) is 2.33. The largest absolute Gasteiger partial charge is 1.00 e. The minimum atomic E-state index is -4.52. The van der Waals surface area contributed by atoms with Crippen LogP contribution in [-0.2, 0) is 10.1 Å². The first kappa shape index (κ1) is 21.4. The van der Waals surface area contributed by atoms with Gasteiger partial charge in [0, 0.05) is 22.5 Å². The first-order valence-corrected chi connectivity index (χ1v) is 10.8. The van der Waals surface area contributed by atoms with E-state index in [0.29, 0.717) is 12.2 Å². The van der Waals surface area contributed by atoms with Crippen LogP contribution in [0, 0.1) is 0 Å². The van der Waals surface area contributed by atoms with E-state index in [1.807, 2.05) is 48.5 Å². The van der Waals surface area contributed by atoms with Crippen molar-refractivity contribution in [1.29, 1.82) is 0 Å². The van der Waals surface area contributed by atoms with Gasteiger partial charge in [-0.3, -0.25) is 4.98 Å². The number of nitrogens with zero attached hydrogens (tertiary/aromatic N) is 2. The van der Waals surface area contributed by atoms with Gasteiger partial charge in [-0.05, 0) is 42.8 Å². The molecule has 1 aliphatic heterocycles. The van der Waals surface area contributed by atoms with E-state index in [4.69, 9.17) is 0 Å². The van der Waals surface area contributed by atoms with Crippen molar-refractivity contribution in [2.75, 3.05) is 11.4 Å². The van der Waals surface area contributed by atoms with Gasteiger partial charge in [-0.25, -0.2) is 8.42 Å². The monoisotopic (exact) mass is 420 g/mol. The molecule has 0 aliphatic carbocycles. The molecule has 2 aromatic carbocycles. The van der Waals surface area contributed by atoms with Gasteiger partial charge < -0.3 is 9.45 Å². The molecule has 1 atom stereocenters. The van der Waals surface area contributed by atoms with Crippen LogP contribution in [-0.4, -0.2) is 24.5 Å². The van der Waals surface area contributed by atoms with Gasteiger partial charge in [-0.15, -0.1) is 0 Å². The molecule has 3 aromatic rings. The van der Waals surface area contributed by atoms with Gasteiger partial charge in [0.05, 0.1) is 22.3 Å². The van der Waals surface area contributed by atoms with E-state index in [0.717, 1.165) is 21.2 Å². The summed E-state index contributed by atoms with van der Waals surface area (Å²) in [6, 6.07) is 21.0. The van der Waals surface area contributed by atoms with Gasteiger partial charge in [-0.2, -0.15) is 0 Å². The second kappa shape index (κ2) is 8.98. The molecule has 8 heteroatoms. The fourth-order valence-electron chi connectivity index (χ4n) is 3.27. The Hall–Kier alpha value is -1.35. The number of hydrogen-bond donors (Lipinski definition) is 0. The molecule has 0 radical (unpaired) electrons. The molecule has 0 spiro atoms. The molecular weight excluding hydrogens is 403 g/mol. The van der Waals surface area contributed by atoms with Gasteiger partial charge in [-0.1, -0.05) is 42.1 Å². The average Bonchev–Trinajstić information content (AvgIpc) is 2.67. The Kier molecular flexibility index (Phi) is 6.85. The van der Waals surface area contributed by atoms with Crippen LogP contribution in [0.5, 0.6) is 0 Å². The third kappa shape index (κ3) is 4.45. The molecule has 0 fully saturated rings. The van der Waals surface area contributed by atoms with Crippen LogP contribution >= 0.6 is 11.8 Å². The van der Waals surface area contributed by atoms with Crippen molar-refractivity contribution in [2.45, 2.75) is 21.5 Å². The number of pyridine rings is 1. The van der Waals surface area contributed by atoms with Gasteiger partial charge in [0.25, 0.3) is 0 Å². The number of anilines is 2. The van der Waals surface area contributed by atoms with Crippen LogP contribution < -0.4 is 34.5 Å². The quantitative estimate of drug-likeness (QED) is 0.459. The smallest absolute Gasteiger partial charge is 0.747 e. The zero-order valence-corrected chi connectivity index (χ0v) is 19.0. The van der Waals surface area contributed by atoms with Crippen molar-refractivity contribution in [3.8, 4) is 0 Å². The number of fused-ring (bicyclic) bond motifs is 2. The molecule has 0 amide bonds. The molecular formula is C20H17N2NaO3S2. The second-order valence-electron chi connectivity index (χ2n) is 6.21. The summed E-state index contributed by atoms with van der Waals surface area (Å²) in [5.74, 6) is 0. The summed E-state index contributed by atoms with van der Waals surface area (Å²) in [7, 11) is -4.52. The van der Waals surface area contributed by atoms with Crippen LogP contribution in [0.2, 0.25) is 0 Å². The maximum atomic E-state index is 11.9. The topological polar surface area (TPSA) is 73.3 Å². The van der Waals surface area contributed by atoms with Gasteiger partial charge in [0.15, 0.2) is 0 Å². The van der Waals surface area contributed by atoms with E-state index < -0.39 is 15.4 Å². The summed E-state index contributed by atoms with van der Waals surface area (Å²) >= 11 is 1.69. The Morgan fingerprint density at radius 2 is 1.50 bits per heavy atom. The number of para-hydroxylation sites is 2. The molecule has 138 valence electrons. The Bertz CT molecular complexity index is 1020. The van der Waals surface area contributed by atoms with Gasteiger partial charge in [0.2, 0.25) is 0 Å². The molecule has 1 aromatic heterocycles. The van der Waals surface area contributed by atoms with E-state index in [2.05, 4.69) is 9.88 Å². The molecule has 2 heterocycles. The predicted octanol–water partition coefficient (Wildman–Crippen LogP) is 1.36. The standard InChI is InChI=1S/C20H18N2O3S2.Na/c23-27(24,25)20(15-7-5-6-13-21-15)12-14-22-16-8-1-3-10-18(16)26-19-11-4-2-9-17(19)22;/h1-11,13,20H,12,14H2,(H,23,24,25);/q;+1/p-1. The molecule has 5 nitrogen and oxygen atoms in total. The van der Waals surface area contributed by atoms with Crippen LogP contribution in [0.4, 0.5) is 11.4 Å². The second-order valence-corrected chi connectivity index (χ2v) is 8.85. The van der Waals surface area contributed by atoms with E-state index in [1.54, 1.807) is 30.0 Å². The van der Waals surface area contributed by atoms with E-state index in [9.17, 15) is 13.0 Å². The zero-order valence-electron chi connectivity index (χ0n) is 15.4. The Morgan fingerprint density at radius 1 is 0.929 bits per heavy atom. The van der Waals surface area contributed by atoms with Crippen LogP contribution in [0.25, 0.3) is 0 Å². The summed E-state index contributed by atoms with van der Waals surface area (Å²) in [6.45, 7) is 0.400. The first-order chi connectivity index (χ1) is 13.0. The molecule has 0 bridgehead atoms. The molecule has 0 saturated heterocycles. The molecule has 1 unspecified atom stereocenters. The Morgan fingerprint density at radius 3 is 2.04 bits per heavy atom. The van der Waals surface area contributed by atoms with E-state index in [1.165, 1.54) is 6.20 Å². The predicted molar refractivity (Wildman–Crippen MR) is 105 cm³/mol. The van der Waals surface area contributed by atoms with Crippen LogP contribution in [0.3, 0.4) is 0 Å². The van der Waals surface area contributed by atoms with E-state index >= 15 is 0 Å². The minimum Gasteiger partial charge on any atom is -0.747 e. The average molecular weight is 420 g/mol. The Balaban J connectivity index is 0.00000225. The van der Waals surface area contributed by atoms with Crippen molar-refractivity contribution in [1.82, 2.24) is 4.98 Å². The number of hydrogen-bond acceptors (Lipinski definition) is 6. The summed E-state index contributed by atoms with van der Waals surface area (Å²) in [5, 5.41) is -1.17. The fourth-order valence-corrected chi connectivity index (χ4v) is 5.20. The number of aromatic nitrogens is 1. The normalized spacial score (nSPS) is 13.8. The Labute approximate surface area is 191 Å². The minimum absolute atomic E-state index is 0. The fraction of sp³-hybridized carbons (Fsp3) is 0.150. The summed E-state index contributed by atoms with van der Waals surface area (Å²) < 4.78 is 35.6. The summed E-state index contributed by atoms with van der Waals surface area (Å²) in [4.78, 5) is 8.40. The van der Waals surface area contributed by atoms with Crippen molar-refractivity contribution < 1.29 is 42.5 Å². The van der Waals surface area contributed by atoms with Gasteiger partial charge >= 0.3 is 29.6 Å². The molecule has 4 rings (SSSR count). The first-order valence-electron chi connectivity index (χ1n) is 8.53. The molecule has 28 heavy (non-hydrogen) atoms. The SMILES string of the molecule is O=S(=O)([O-])C(CCN1c2ccccc2Sc2ccccc21)c1ccccn1.[Na+].